The van der Waals surface area contributed by atoms with E-state index in [0.717, 1.165) is 33.9 Å². The van der Waals surface area contributed by atoms with Gasteiger partial charge >= 0.3 is 0 Å². The molecule has 1 aliphatic carbocycles. The third-order valence-electron chi connectivity index (χ3n) is 7.81. The summed E-state index contributed by atoms with van der Waals surface area (Å²) in [5.74, 6) is 0.322. The van der Waals surface area contributed by atoms with Crippen LogP contribution in [0.3, 0.4) is 0 Å². The molecule has 1 atom stereocenters. The summed E-state index contributed by atoms with van der Waals surface area (Å²) in [7, 11) is 0. The number of benzene rings is 5. The van der Waals surface area contributed by atoms with Gasteiger partial charge in [-0.05, 0) is 60.6 Å². The molecule has 1 aliphatic rings. The molecule has 2 aromatic heterocycles. The van der Waals surface area contributed by atoms with Crippen molar-refractivity contribution < 1.29 is 25.2 Å². The summed E-state index contributed by atoms with van der Waals surface area (Å²) in [6, 6.07) is 60.5. The van der Waals surface area contributed by atoms with Gasteiger partial charge in [0.05, 0.1) is 16.8 Å². The summed E-state index contributed by atoms with van der Waals surface area (Å²) in [5.41, 5.74) is 8.82. The predicted octanol–water partition coefficient (Wildman–Crippen LogP) is 9.91. The minimum absolute atomic E-state index is 0. The zero-order valence-electron chi connectivity index (χ0n) is 26.4. The molecule has 237 valence electrons. The topological polar surface area (TPSA) is 58.4 Å². The van der Waals surface area contributed by atoms with Gasteiger partial charge in [0.25, 0.3) is 0 Å². The van der Waals surface area contributed by atoms with Gasteiger partial charge in [0.15, 0.2) is 0 Å². The van der Waals surface area contributed by atoms with E-state index >= 15 is 0 Å². The van der Waals surface area contributed by atoms with Crippen molar-refractivity contribution in [1.29, 1.82) is 0 Å². The molecule has 1 radical (unpaired) electrons. The van der Waals surface area contributed by atoms with Crippen molar-refractivity contribution in [3.8, 4) is 28.1 Å². The first-order valence-corrected chi connectivity index (χ1v) is 15.5. The van der Waals surface area contributed by atoms with Crippen LogP contribution in [0.25, 0.3) is 22.4 Å². The summed E-state index contributed by atoms with van der Waals surface area (Å²) in [6.45, 7) is 1.91. The number of rotatable bonds is 4. The van der Waals surface area contributed by atoms with E-state index in [1.54, 1.807) is 30.5 Å². The van der Waals surface area contributed by atoms with Crippen molar-refractivity contribution >= 4 is 11.9 Å². The van der Waals surface area contributed by atoms with Crippen LogP contribution in [0, 0.1) is 12.1 Å². The Bertz CT molecular complexity index is 2010. The van der Waals surface area contributed by atoms with Gasteiger partial charge in [-0.1, -0.05) is 84.4 Å². The molecule has 2 heterocycles. The van der Waals surface area contributed by atoms with Crippen LogP contribution in [0.15, 0.2) is 175 Å². The molecule has 5 aromatic carbocycles. The normalized spacial score (nSPS) is 13.9. The monoisotopic (exact) mass is 800 g/mol. The van der Waals surface area contributed by atoms with Gasteiger partial charge in [-0.3, -0.25) is 15.0 Å². The van der Waals surface area contributed by atoms with Crippen LogP contribution in [-0.2, 0) is 25.5 Å². The van der Waals surface area contributed by atoms with Gasteiger partial charge in [0.1, 0.15) is 5.75 Å². The zero-order chi connectivity index (χ0) is 32.3. The molecule has 0 aliphatic heterocycles. The first-order valence-electron chi connectivity index (χ1n) is 15.5. The molecule has 0 bridgehead atoms. The average Bonchev–Trinajstić information content (AvgIpc) is 3.45. The van der Waals surface area contributed by atoms with Crippen LogP contribution in [0.1, 0.15) is 29.4 Å². The van der Waals surface area contributed by atoms with Crippen LogP contribution in [0.5, 0.6) is 5.75 Å². The number of para-hydroxylation sites is 2. The maximum Gasteiger partial charge on any atom is 0.115 e. The third kappa shape index (κ3) is 7.24. The summed E-state index contributed by atoms with van der Waals surface area (Å²) in [6.07, 6.45) is 3.64. The zero-order valence-corrected chi connectivity index (χ0v) is 28.8. The SMILES string of the molecule is CC=Nc1ccccc1.Oc1ccccc1.[Ir].[c-]1ccccc1-c1cccc([C@]2(c3ccccn3)c3[c-]cccc3-c3ccccc32)n1. The van der Waals surface area contributed by atoms with Gasteiger partial charge < -0.3 is 5.11 Å². The van der Waals surface area contributed by atoms with Gasteiger partial charge in [0, 0.05) is 38.2 Å². The minimum atomic E-state index is -0.626. The Balaban J connectivity index is 0.000000218. The van der Waals surface area contributed by atoms with Crippen molar-refractivity contribution in [3.63, 3.8) is 0 Å². The molecule has 0 spiro atoms. The Morgan fingerprint density at radius 2 is 1.29 bits per heavy atom. The summed E-state index contributed by atoms with van der Waals surface area (Å²) in [4.78, 5) is 14.1. The quantitative estimate of drug-likeness (QED) is 0.143. The fourth-order valence-corrected chi connectivity index (χ4v) is 5.84. The molecule has 8 rings (SSSR count). The van der Waals surface area contributed by atoms with E-state index in [0.29, 0.717) is 5.75 Å². The molecule has 7 aromatic rings. The number of fused-ring (bicyclic) bond motifs is 3. The predicted molar refractivity (Wildman–Crippen MR) is 191 cm³/mol. The van der Waals surface area contributed by atoms with E-state index in [2.05, 4.69) is 65.7 Å². The second-order valence-corrected chi connectivity index (χ2v) is 10.7. The number of nitrogens with zero attached hydrogens (tertiary/aromatic N) is 3. The summed E-state index contributed by atoms with van der Waals surface area (Å²) >= 11 is 0. The molecule has 48 heavy (non-hydrogen) atoms. The molecule has 0 saturated carbocycles. The second-order valence-electron chi connectivity index (χ2n) is 10.7. The molecule has 5 heteroatoms. The van der Waals surface area contributed by atoms with Crippen molar-refractivity contribution in [2.45, 2.75) is 12.3 Å². The minimum Gasteiger partial charge on any atom is -0.508 e. The van der Waals surface area contributed by atoms with E-state index in [-0.39, 0.29) is 20.1 Å². The Hall–Kier alpha value is -5.48. The van der Waals surface area contributed by atoms with E-state index in [4.69, 9.17) is 15.1 Å². The van der Waals surface area contributed by atoms with Crippen LogP contribution < -0.4 is 0 Å². The second kappa shape index (κ2) is 16.4. The van der Waals surface area contributed by atoms with Crippen molar-refractivity contribution in [3.05, 3.63) is 205 Å². The fourth-order valence-electron chi connectivity index (χ4n) is 5.84. The van der Waals surface area contributed by atoms with E-state index < -0.39 is 5.41 Å². The number of hydrogen-bond donors (Lipinski definition) is 1. The van der Waals surface area contributed by atoms with Gasteiger partial charge in [-0.15, -0.1) is 47.0 Å². The number of aliphatic imine (C=N–C) groups is 1. The first-order chi connectivity index (χ1) is 23.2. The largest absolute Gasteiger partial charge is 0.508 e. The first kappa shape index (κ1) is 33.9. The van der Waals surface area contributed by atoms with E-state index in [1.807, 2.05) is 104 Å². The number of aromatic hydroxyl groups is 1. The number of phenolic OH excluding ortho intramolecular Hbond substituents is 1. The number of aromatic nitrogens is 2. The van der Waals surface area contributed by atoms with Crippen LogP contribution in [0.4, 0.5) is 5.69 Å². The Morgan fingerprint density at radius 3 is 1.98 bits per heavy atom. The Labute approximate surface area is 295 Å². The molecule has 0 saturated heterocycles. The van der Waals surface area contributed by atoms with Crippen LogP contribution in [0.2, 0.25) is 0 Å². The molecule has 0 amide bonds. The Morgan fingerprint density at radius 1 is 0.625 bits per heavy atom. The van der Waals surface area contributed by atoms with E-state index in [1.165, 1.54) is 16.7 Å². The summed E-state index contributed by atoms with van der Waals surface area (Å²) < 4.78 is 0. The van der Waals surface area contributed by atoms with Gasteiger partial charge in [0.2, 0.25) is 0 Å². The maximum absolute atomic E-state index is 8.63. The van der Waals surface area contributed by atoms with Gasteiger partial charge in [-0.25, -0.2) is 0 Å². The molecule has 0 unspecified atom stereocenters. The van der Waals surface area contributed by atoms with Crippen molar-refractivity contribution in [2.24, 2.45) is 4.99 Å². The van der Waals surface area contributed by atoms with Crippen LogP contribution in [-0.4, -0.2) is 21.3 Å². The third-order valence-corrected chi connectivity index (χ3v) is 7.81. The van der Waals surface area contributed by atoms with E-state index in [9.17, 15) is 0 Å². The van der Waals surface area contributed by atoms with Gasteiger partial charge in [-0.2, -0.15) is 24.3 Å². The number of phenols is 1. The number of pyridine rings is 2. The maximum atomic E-state index is 8.63. The average molecular weight is 800 g/mol. The van der Waals surface area contributed by atoms with Crippen molar-refractivity contribution in [2.75, 3.05) is 0 Å². The molecule has 1 N–H and O–H groups in total. The smallest absolute Gasteiger partial charge is 0.115 e. The summed E-state index contributed by atoms with van der Waals surface area (Å²) in [5, 5.41) is 8.63. The Kier molecular flexibility index (Phi) is 11.6. The standard InChI is InChI=1S/C29H18N2.C8H9N.C6H6O.Ir/c1-2-11-21(12-3-1)26-17-10-19-28(31-26)29(27-18-8-9-20-30-27)24-15-6-4-13-22(24)23-14-5-7-16-25(23)29;1-2-9-8-6-4-3-5-7-8;7-6-4-2-1-3-5-6;/h1-11,13-15,17-20H;2-7H,1H3;1-5,7H;/q-2;;;/t29-;;;/m0.../s1. The van der Waals surface area contributed by atoms with Crippen LogP contribution >= 0.6 is 0 Å². The fraction of sp³-hybridized carbons (Fsp3) is 0.0465. The van der Waals surface area contributed by atoms with Crippen molar-refractivity contribution in [1.82, 2.24) is 9.97 Å². The molecule has 4 nitrogen and oxygen atoms in total. The molecule has 0 fully saturated rings. The molecular weight excluding hydrogens is 767 g/mol. The molecular formula is C43H33IrN3O-2. The number of hydrogen-bond acceptors (Lipinski definition) is 4.